The first kappa shape index (κ1) is 9.77. The van der Waals surface area contributed by atoms with E-state index in [1.165, 1.54) is 5.56 Å². The van der Waals surface area contributed by atoms with Crippen LogP contribution in [0.15, 0.2) is 17.4 Å². The van der Waals surface area contributed by atoms with E-state index in [2.05, 4.69) is 10.1 Å². The average molecular weight is 180 g/mol. The van der Waals surface area contributed by atoms with Gasteiger partial charge in [-0.1, -0.05) is 6.92 Å². The molecule has 0 radical (unpaired) electrons. The van der Waals surface area contributed by atoms with Crippen LogP contribution in [0.4, 0.5) is 0 Å². The highest BCUT2D eigenvalue weighted by atomic mass is 15.3. The van der Waals surface area contributed by atoms with Gasteiger partial charge in [-0.2, -0.15) is 5.10 Å². The van der Waals surface area contributed by atoms with E-state index >= 15 is 0 Å². The maximum absolute atomic E-state index is 5.56. The van der Waals surface area contributed by atoms with Crippen molar-refractivity contribution >= 4 is 5.84 Å². The van der Waals surface area contributed by atoms with Gasteiger partial charge in [-0.25, -0.2) is 0 Å². The summed E-state index contributed by atoms with van der Waals surface area (Å²) in [5, 5.41) is 4.15. The van der Waals surface area contributed by atoms with Crippen molar-refractivity contribution in [3.8, 4) is 0 Å². The van der Waals surface area contributed by atoms with E-state index in [-0.39, 0.29) is 0 Å². The molecule has 0 spiro atoms. The third-order valence-electron chi connectivity index (χ3n) is 1.77. The molecule has 0 saturated heterocycles. The molecule has 13 heavy (non-hydrogen) atoms. The van der Waals surface area contributed by atoms with Crippen LogP contribution < -0.4 is 5.73 Å². The van der Waals surface area contributed by atoms with Crippen molar-refractivity contribution in [1.82, 2.24) is 9.78 Å². The molecule has 0 aliphatic heterocycles. The molecule has 1 aromatic rings. The zero-order valence-electron chi connectivity index (χ0n) is 8.20. The van der Waals surface area contributed by atoms with Crippen molar-refractivity contribution in [3.63, 3.8) is 0 Å². The Morgan fingerprint density at radius 3 is 3.00 bits per heavy atom. The molecule has 4 heteroatoms. The van der Waals surface area contributed by atoms with Gasteiger partial charge in [0, 0.05) is 12.6 Å². The van der Waals surface area contributed by atoms with Crippen molar-refractivity contribution in [2.45, 2.75) is 26.8 Å². The predicted molar refractivity (Wildman–Crippen MR) is 53.7 cm³/mol. The van der Waals surface area contributed by atoms with E-state index < -0.39 is 0 Å². The van der Waals surface area contributed by atoms with E-state index in [4.69, 9.17) is 5.73 Å². The second-order valence-corrected chi connectivity index (χ2v) is 3.01. The zero-order chi connectivity index (χ0) is 9.68. The molecule has 72 valence electrons. The summed E-state index contributed by atoms with van der Waals surface area (Å²) in [6.07, 6.45) is 4.66. The first-order valence-electron chi connectivity index (χ1n) is 4.50. The summed E-state index contributed by atoms with van der Waals surface area (Å²) >= 11 is 0. The Morgan fingerprint density at radius 2 is 2.46 bits per heavy atom. The molecule has 1 aromatic heterocycles. The molecule has 0 aromatic carbocycles. The Morgan fingerprint density at radius 1 is 1.69 bits per heavy atom. The van der Waals surface area contributed by atoms with E-state index in [1.54, 1.807) is 0 Å². The highest BCUT2D eigenvalue weighted by molar-refractivity contribution is 5.79. The first-order chi connectivity index (χ1) is 6.22. The Hall–Kier alpha value is -1.32. The summed E-state index contributed by atoms with van der Waals surface area (Å²) in [5.41, 5.74) is 6.74. The van der Waals surface area contributed by atoms with Crippen molar-refractivity contribution in [1.29, 1.82) is 0 Å². The van der Waals surface area contributed by atoms with Crippen LogP contribution in [0.3, 0.4) is 0 Å². The lowest BCUT2D eigenvalue weighted by Crippen LogP contribution is -2.12. The highest BCUT2D eigenvalue weighted by Gasteiger charge is 1.92. The first-order valence-corrected chi connectivity index (χ1v) is 4.50. The molecule has 1 heterocycles. The molecule has 0 saturated carbocycles. The van der Waals surface area contributed by atoms with E-state index in [1.807, 2.05) is 30.9 Å². The molecule has 1 rings (SSSR count). The normalized spacial score (nSPS) is 12.0. The summed E-state index contributed by atoms with van der Waals surface area (Å²) in [7, 11) is 0. The van der Waals surface area contributed by atoms with Gasteiger partial charge in [0.1, 0.15) is 0 Å². The minimum Gasteiger partial charge on any atom is -0.387 e. The maximum atomic E-state index is 5.56. The number of hydrogen-bond donors (Lipinski definition) is 1. The summed E-state index contributed by atoms with van der Waals surface area (Å²) in [5.74, 6) is 0.712. The smallest absolute Gasteiger partial charge is 0.0935 e. The van der Waals surface area contributed by atoms with Crippen LogP contribution in [0, 0.1) is 6.92 Å². The Bertz CT molecular complexity index is 288. The van der Waals surface area contributed by atoms with Crippen LogP contribution >= 0.6 is 0 Å². The van der Waals surface area contributed by atoms with Crippen molar-refractivity contribution in [2.75, 3.05) is 6.54 Å². The summed E-state index contributed by atoms with van der Waals surface area (Å²) in [4.78, 5) is 4.18. The molecule has 0 aliphatic rings. The average Bonchev–Trinajstić information content (AvgIpc) is 2.51. The van der Waals surface area contributed by atoms with E-state index in [0.717, 1.165) is 13.0 Å². The molecule has 0 unspecified atom stereocenters. The number of aryl methyl sites for hydroxylation is 1. The number of amidine groups is 1. The number of nitrogens with zero attached hydrogens (tertiary/aromatic N) is 3. The number of aromatic nitrogens is 2. The fourth-order valence-electron chi connectivity index (χ4n) is 0.997. The van der Waals surface area contributed by atoms with Gasteiger partial charge < -0.3 is 5.73 Å². The van der Waals surface area contributed by atoms with Gasteiger partial charge in [-0.15, -0.1) is 0 Å². The Kier molecular flexibility index (Phi) is 3.49. The monoisotopic (exact) mass is 180 g/mol. The molecule has 0 amide bonds. The lowest BCUT2D eigenvalue weighted by atomic mass is 10.4. The maximum Gasteiger partial charge on any atom is 0.0935 e. The number of aliphatic imine (C=N–C) groups is 1. The predicted octanol–water partition coefficient (Wildman–Crippen LogP) is 0.959. The Labute approximate surface area is 78.5 Å². The van der Waals surface area contributed by atoms with Gasteiger partial charge in [0.2, 0.25) is 0 Å². The molecular formula is C9H16N4. The van der Waals surface area contributed by atoms with Gasteiger partial charge in [0.25, 0.3) is 0 Å². The topological polar surface area (TPSA) is 56.2 Å². The molecule has 0 bridgehead atoms. The second-order valence-electron chi connectivity index (χ2n) is 3.01. The van der Waals surface area contributed by atoms with Crippen LogP contribution in [0.2, 0.25) is 0 Å². The summed E-state index contributed by atoms with van der Waals surface area (Å²) in [6.45, 7) is 5.53. The summed E-state index contributed by atoms with van der Waals surface area (Å²) in [6, 6.07) is 0. The Balaban J connectivity index is 2.35. The quantitative estimate of drug-likeness (QED) is 0.554. The lowest BCUT2D eigenvalue weighted by molar-refractivity contribution is 0.625. The number of nitrogens with two attached hydrogens (primary N) is 1. The van der Waals surface area contributed by atoms with E-state index in [9.17, 15) is 0 Å². The summed E-state index contributed by atoms with van der Waals surface area (Å²) < 4.78 is 1.88. The van der Waals surface area contributed by atoms with Gasteiger partial charge in [0.15, 0.2) is 0 Å². The third-order valence-corrected chi connectivity index (χ3v) is 1.77. The van der Waals surface area contributed by atoms with Crippen molar-refractivity contribution < 1.29 is 0 Å². The minimum atomic E-state index is 0.709. The van der Waals surface area contributed by atoms with Crippen LogP contribution in [0.5, 0.6) is 0 Å². The third kappa shape index (κ3) is 3.27. The van der Waals surface area contributed by atoms with Gasteiger partial charge in [-0.05, 0) is 12.5 Å². The fraction of sp³-hybridized carbons (Fsp3) is 0.556. The largest absolute Gasteiger partial charge is 0.387 e. The molecule has 4 nitrogen and oxygen atoms in total. The SMILES string of the molecule is CCC(N)=NCCn1cc(C)cn1. The van der Waals surface area contributed by atoms with Gasteiger partial charge in [-0.3, -0.25) is 9.67 Å². The second kappa shape index (κ2) is 4.64. The number of hydrogen-bond acceptors (Lipinski definition) is 2. The zero-order valence-corrected chi connectivity index (χ0v) is 8.20. The van der Waals surface area contributed by atoms with Crippen LogP contribution in [-0.2, 0) is 6.54 Å². The molecule has 0 aliphatic carbocycles. The van der Waals surface area contributed by atoms with Crippen LogP contribution in [0.1, 0.15) is 18.9 Å². The molecule has 2 N–H and O–H groups in total. The van der Waals surface area contributed by atoms with Crippen molar-refractivity contribution in [2.24, 2.45) is 10.7 Å². The van der Waals surface area contributed by atoms with E-state index in [0.29, 0.717) is 12.4 Å². The molecule has 0 fully saturated rings. The molecular weight excluding hydrogens is 164 g/mol. The molecule has 0 atom stereocenters. The van der Waals surface area contributed by atoms with Crippen LogP contribution in [-0.4, -0.2) is 22.2 Å². The minimum absolute atomic E-state index is 0.709. The lowest BCUT2D eigenvalue weighted by Gasteiger charge is -1.98. The highest BCUT2D eigenvalue weighted by Crippen LogP contribution is 1.93. The van der Waals surface area contributed by atoms with Crippen molar-refractivity contribution in [3.05, 3.63) is 18.0 Å². The number of rotatable bonds is 4. The van der Waals surface area contributed by atoms with Crippen LogP contribution in [0.25, 0.3) is 0 Å². The fourth-order valence-corrected chi connectivity index (χ4v) is 0.997. The van der Waals surface area contributed by atoms with Gasteiger partial charge >= 0.3 is 0 Å². The van der Waals surface area contributed by atoms with Gasteiger partial charge in [0.05, 0.1) is 25.1 Å². The standard InChI is InChI=1S/C9H16N4/c1-3-9(10)11-4-5-13-7-8(2)6-12-13/h6-7H,3-5H2,1-2H3,(H2,10,11).